The summed E-state index contributed by atoms with van der Waals surface area (Å²) in [5.41, 5.74) is 5.75. The van der Waals surface area contributed by atoms with Crippen molar-refractivity contribution in [2.45, 2.75) is 32.1 Å². The molecular weight excluding hydrogens is 242 g/mol. The molecule has 1 aromatic rings. The Morgan fingerprint density at radius 3 is 2.37 bits per heavy atom. The highest BCUT2D eigenvalue weighted by Crippen LogP contribution is 2.30. The van der Waals surface area contributed by atoms with Gasteiger partial charge in [-0.25, -0.2) is 0 Å². The molecule has 1 aromatic heterocycles. The Labute approximate surface area is 114 Å². The van der Waals surface area contributed by atoms with Crippen LogP contribution in [0.5, 0.6) is 0 Å². The van der Waals surface area contributed by atoms with E-state index in [0.29, 0.717) is 18.4 Å². The summed E-state index contributed by atoms with van der Waals surface area (Å²) in [7, 11) is 2.13. The van der Waals surface area contributed by atoms with Crippen LogP contribution in [0, 0.1) is 0 Å². The second-order valence-corrected chi connectivity index (χ2v) is 5.38. The van der Waals surface area contributed by atoms with E-state index in [1.165, 1.54) is 0 Å². The average Bonchev–Trinajstić information content (AvgIpc) is 2.93. The predicted molar refractivity (Wildman–Crippen MR) is 75.3 cm³/mol. The Morgan fingerprint density at radius 2 is 1.84 bits per heavy atom. The second-order valence-electron chi connectivity index (χ2n) is 5.38. The molecule has 0 bridgehead atoms. The third-order valence-corrected chi connectivity index (χ3v) is 4.40. The van der Waals surface area contributed by atoms with E-state index in [-0.39, 0.29) is 5.41 Å². The smallest absolute Gasteiger partial charge is 0.266 e. The number of likely N-dealkylation sites (N-methyl/N-ethyl adjacent to an activating group) is 1. The van der Waals surface area contributed by atoms with Crippen LogP contribution in [0.2, 0.25) is 0 Å². The number of rotatable bonds is 5. The highest BCUT2D eigenvalue weighted by atomic mass is 16.5. The normalized spacial score (nSPS) is 18.0. The number of anilines is 1. The number of hydrogen-bond acceptors (Lipinski definition) is 6. The number of nitrogens with two attached hydrogens (primary N) is 1. The van der Waals surface area contributed by atoms with Gasteiger partial charge >= 0.3 is 0 Å². The van der Waals surface area contributed by atoms with E-state index in [9.17, 15) is 0 Å². The third kappa shape index (κ3) is 2.74. The van der Waals surface area contributed by atoms with Crippen LogP contribution in [-0.2, 0) is 5.41 Å². The Balaban J connectivity index is 2.14. The van der Waals surface area contributed by atoms with Crippen molar-refractivity contribution in [3.8, 4) is 0 Å². The molecule has 1 fully saturated rings. The molecule has 0 saturated carbocycles. The molecule has 2 N–H and O–H groups in total. The minimum absolute atomic E-state index is 0.169. The molecule has 0 unspecified atom stereocenters. The minimum atomic E-state index is -0.169. The van der Waals surface area contributed by atoms with Crippen LogP contribution < -0.4 is 10.6 Å². The van der Waals surface area contributed by atoms with E-state index < -0.39 is 0 Å². The molecule has 6 nitrogen and oxygen atoms in total. The highest BCUT2D eigenvalue weighted by molar-refractivity contribution is 5.29. The second kappa shape index (κ2) is 5.88. The quantitative estimate of drug-likeness (QED) is 0.852. The maximum Gasteiger partial charge on any atom is 0.266 e. The van der Waals surface area contributed by atoms with Gasteiger partial charge in [0.05, 0.1) is 5.41 Å². The van der Waals surface area contributed by atoms with E-state index in [4.69, 9.17) is 10.3 Å². The predicted octanol–water partition coefficient (Wildman–Crippen LogP) is 0.838. The van der Waals surface area contributed by atoms with Gasteiger partial charge in [0.25, 0.3) is 5.95 Å². The van der Waals surface area contributed by atoms with Gasteiger partial charge in [-0.1, -0.05) is 13.8 Å². The molecule has 0 radical (unpaired) electrons. The van der Waals surface area contributed by atoms with Crippen LogP contribution in [0.1, 0.15) is 32.6 Å². The zero-order chi connectivity index (χ0) is 13.9. The van der Waals surface area contributed by atoms with Crippen LogP contribution in [-0.4, -0.2) is 54.8 Å². The Bertz CT molecular complexity index is 385. The first-order chi connectivity index (χ1) is 9.15. The van der Waals surface area contributed by atoms with Crippen molar-refractivity contribution in [2.24, 2.45) is 5.73 Å². The van der Waals surface area contributed by atoms with Gasteiger partial charge < -0.3 is 20.1 Å². The molecule has 0 aromatic carbocycles. The molecule has 108 valence electrons. The van der Waals surface area contributed by atoms with E-state index >= 15 is 0 Å². The number of aromatic nitrogens is 2. The van der Waals surface area contributed by atoms with Crippen LogP contribution in [0.25, 0.3) is 0 Å². The topological polar surface area (TPSA) is 71.4 Å². The minimum Gasteiger partial charge on any atom is -0.337 e. The molecule has 19 heavy (non-hydrogen) atoms. The maximum absolute atomic E-state index is 5.92. The van der Waals surface area contributed by atoms with Gasteiger partial charge in [0.1, 0.15) is 0 Å². The Morgan fingerprint density at radius 1 is 1.21 bits per heavy atom. The molecule has 6 heteroatoms. The molecule has 0 amide bonds. The number of piperazine rings is 1. The lowest BCUT2D eigenvalue weighted by molar-refractivity contribution is 0.266. The van der Waals surface area contributed by atoms with Crippen LogP contribution in [0.15, 0.2) is 4.52 Å². The molecule has 1 aliphatic heterocycles. The van der Waals surface area contributed by atoms with Crippen LogP contribution >= 0.6 is 0 Å². The van der Waals surface area contributed by atoms with Gasteiger partial charge in [-0.3, -0.25) is 0 Å². The van der Waals surface area contributed by atoms with E-state index in [2.05, 4.69) is 40.8 Å². The van der Waals surface area contributed by atoms with E-state index in [1.807, 2.05) is 0 Å². The van der Waals surface area contributed by atoms with Crippen LogP contribution in [0.4, 0.5) is 5.95 Å². The lowest BCUT2D eigenvalue weighted by atomic mass is 9.82. The summed E-state index contributed by atoms with van der Waals surface area (Å²) in [6, 6.07) is 0. The van der Waals surface area contributed by atoms with E-state index in [1.54, 1.807) is 0 Å². The zero-order valence-corrected chi connectivity index (χ0v) is 12.2. The largest absolute Gasteiger partial charge is 0.337 e. The summed E-state index contributed by atoms with van der Waals surface area (Å²) >= 11 is 0. The number of hydrogen-bond donors (Lipinski definition) is 1. The fourth-order valence-electron chi connectivity index (χ4n) is 2.49. The van der Waals surface area contributed by atoms with Gasteiger partial charge in [-0.05, 0) is 25.0 Å². The summed E-state index contributed by atoms with van der Waals surface area (Å²) in [5.74, 6) is 1.40. The van der Waals surface area contributed by atoms with Crippen LogP contribution in [0.3, 0.4) is 0 Å². The van der Waals surface area contributed by atoms with E-state index in [0.717, 1.165) is 39.0 Å². The van der Waals surface area contributed by atoms with Crippen molar-refractivity contribution < 1.29 is 4.52 Å². The van der Waals surface area contributed by atoms with Gasteiger partial charge in [0.15, 0.2) is 0 Å². The van der Waals surface area contributed by atoms with Gasteiger partial charge in [0, 0.05) is 32.7 Å². The molecule has 2 rings (SSSR count). The molecule has 1 saturated heterocycles. The SMILES string of the molecule is CCC(CC)(CN)c1nc(N2CCN(C)CC2)no1. The van der Waals surface area contributed by atoms with Crippen molar-refractivity contribution in [2.75, 3.05) is 44.7 Å². The lowest BCUT2D eigenvalue weighted by Gasteiger charge is -2.31. The molecular formula is C13H25N5O. The summed E-state index contributed by atoms with van der Waals surface area (Å²) in [5, 5.41) is 4.14. The number of nitrogens with zero attached hydrogens (tertiary/aromatic N) is 4. The third-order valence-electron chi connectivity index (χ3n) is 4.40. The first-order valence-corrected chi connectivity index (χ1v) is 7.13. The lowest BCUT2D eigenvalue weighted by Crippen LogP contribution is -2.45. The summed E-state index contributed by atoms with van der Waals surface area (Å²) in [4.78, 5) is 9.08. The molecule has 1 aliphatic rings. The summed E-state index contributed by atoms with van der Waals surface area (Å²) in [6.45, 7) is 8.75. The summed E-state index contributed by atoms with van der Waals surface area (Å²) < 4.78 is 5.49. The van der Waals surface area contributed by atoms with Crippen molar-refractivity contribution in [1.82, 2.24) is 15.0 Å². The molecule has 2 heterocycles. The first-order valence-electron chi connectivity index (χ1n) is 7.13. The fourth-order valence-corrected chi connectivity index (χ4v) is 2.49. The highest BCUT2D eigenvalue weighted by Gasteiger charge is 2.34. The summed E-state index contributed by atoms with van der Waals surface area (Å²) in [6.07, 6.45) is 1.84. The van der Waals surface area contributed by atoms with Gasteiger partial charge in [-0.2, -0.15) is 4.98 Å². The Hall–Kier alpha value is -1.14. The molecule has 0 atom stereocenters. The van der Waals surface area contributed by atoms with Gasteiger partial charge in [-0.15, -0.1) is 0 Å². The van der Waals surface area contributed by atoms with Crippen molar-refractivity contribution >= 4 is 5.95 Å². The standard InChI is InChI=1S/C13H25N5O/c1-4-13(5-2,10-14)11-15-12(16-19-11)18-8-6-17(3)7-9-18/h4-10,14H2,1-3H3. The maximum atomic E-state index is 5.92. The molecule has 0 aliphatic carbocycles. The van der Waals surface area contributed by atoms with Crippen molar-refractivity contribution in [3.05, 3.63) is 5.89 Å². The Kier molecular flexibility index (Phi) is 4.42. The molecule has 0 spiro atoms. The van der Waals surface area contributed by atoms with Crippen molar-refractivity contribution in [3.63, 3.8) is 0 Å². The average molecular weight is 267 g/mol. The van der Waals surface area contributed by atoms with Gasteiger partial charge in [0.2, 0.25) is 5.89 Å². The first kappa shape index (κ1) is 14.3. The monoisotopic (exact) mass is 267 g/mol. The zero-order valence-electron chi connectivity index (χ0n) is 12.2. The fraction of sp³-hybridized carbons (Fsp3) is 0.846. The van der Waals surface area contributed by atoms with Crippen molar-refractivity contribution in [1.29, 1.82) is 0 Å².